The number of nitrogens with zero attached hydrogens (tertiary/aromatic N) is 5. The van der Waals surface area contributed by atoms with Gasteiger partial charge in [0.1, 0.15) is 5.82 Å². The Hall–Kier alpha value is -3.05. The number of aryl methyl sites for hydroxylation is 1. The van der Waals surface area contributed by atoms with Gasteiger partial charge in [-0.15, -0.1) is 0 Å². The molecule has 1 aromatic carbocycles. The summed E-state index contributed by atoms with van der Waals surface area (Å²) in [6.07, 6.45) is 7.25. The van der Waals surface area contributed by atoms with Crippen LogP contribution in [0.5, 0.6) is 0 Å². The van der Waals surface area contributed by atoms with Crippen molar-refractivity contribution in [2.45, 2.75) is 38.4 Å². The summed E-state index contributed by atoms with van der Waals surface area (Å²) in [5, 5.41) is 0. The molecule has 0 saturated carbocycles. The summed E-state index contributed by atoms with van der Waals surface area (Å²) in [6, 6.07) is 19.0. The highest BCUT2D eigenvalue weighted by molar-refractivity contribution is 5.76. The van der Waals surface area contributed by atoms with Gasteiger partial charge in [-0.05, 0) is 62.2 Å². The largest absolute Gasteiger partial charge is 0.321 e. The molecule has 5 heteroatoms. The fraction of sp³-hybridized carbons (Fsp3) is 0.292. The number of imidazole rings is 1. The van der Waals surface area contributed by atoms with Crippen LogP contribution in [0.15, 0.2) is 67.0 Å². The predicted molar refractivity (Wildman–Crippen MR) is 114 cm³/mol. The summed E-state index contributed by atoms with van der Waals surface area (Å²) in [5.41, 5.74) is 5.85. The lowest BCUT2D eigenvalue weighted by molar-refractivity contribution is 0.202. The average Bonchev–Trinajstić information content (AvgIpc) is 3.11. The highest BCUT2D eigenvalue weighted by atomic mass is 15.2. The monoisotopic (exact) mass is 383 g/mol. The van der Waals surface area contributed by atoms with Gasteiger partial charge in [-0.3, -0.25) is 14.9 Å². The number of fused-ring (bicyclic) bond motifs is 2. The minimum atomic E-state index is 0.336. The molecule has 0 fully saturated rings. The molecule has 5 nitrogen and oxygen atoms in total. The highest BCUT2D eigenvalue weighted by Gasteiger charge is 2.26. The van der Waals surface area contributed by atoms with E-state index in [-0.39, 0.29) is 0 Å². The lowest BCUT2D eigenvalue weighted by atomic mass is 9.91. The topological polar surface area (TPSA) is 46.8 Å². The van der Waals surface area contributed by atoms with Crippen LogP contribution in [0.2, 0.25) is 0 Å². The van der Waals surface area contributed by atoms with Crippen molar-refractivity contribution in [2.75, 3.05) is 7.05 Å². The van der Waals surface area contributed by atoms with Crippen molar-refractivity contribution in [3.05, 3.63) is 89.8 Å². The van der Waals surface area contributed by atoms with E-state index < -0.39 is 0 Å². The second-order valence-corrected chi connectivity index (χ2v) is 7.79. The molecule has 1 aliphatic carbocycles. The van der Waals surface area contributed by atoms with E-state index in [0.717, 1.165) is 48.5 Å². The molecule has 0 saturated heterocycles. The first-order chi connectivity index (χ1) is 14.3. The molecule has 0 radical (unpaired) electrons. The Morgan fingerprint density at radius 2 is 1.86 bits per heavy atom. The zero-order valence-corrected chi connectivity index (χ0v) is 16.7. The van der Waals surface area contributed by atoms with Gasteiger partial charge in [0, 0.05) is 12.4 Å². The SMILES string of the molecule is CN(Cc1nc2ccccc2n1Cc1ccccn1)C1CCCc2cccnc21. The van der Waals surface area contributed by atoms with E-state index in [1.807, 2.05) is 30.6 Å². The first kappa shape index (κ1) is 18.0. The van der Waals surface area contributed by atoms with Crippen molar-refractivity contribution in [3.63, 3.8) is 0 Å². The molecule has 29 heavy (non-hydrogen) atoms. The van der Waals surface area contributed by atoms with E-state index in [1.54, 1.807) is 0 Å². The Bertz CT molecular complexity index is 1120. The first-order valence-electron chi connectivity index (χ1n) is 10.3. The molecule has 3 heterocycles. The third kappa shape index (κ3) is 3.54. The fourth-order valence-electron chi connectivity index (χ4n) is 4.42. The Labute approximate surface area is 171 Å². The third-order valence-corrected chi connectivity index (χ3v) is 5.87. The van der Waals surface area contributed by atoms with E-state index >= 15 is 0 Å². The zero-order chi connectivity index (χ0) is 19.6. The average molecular weight is 383 g/mol. The summed E-state index contributed by atoms with van der Waals surface area (Å²) in [5.74, 6) is 1.07. The molecular weight excluding hydrogens is 358 g/mol. The molecule has 0 bridgehead atoms. The number of benzene rings is 1. The third-order valence-electron chi connectivity index (χ3n) is 5.87. The minimum Gasteiger partial charge on any atom is -0.321 e. The molecule has 146 valence electrons. The van der Waals surface area contributed by atoms with Crippen LogP contribution in [0.25, 0.3) is 11.0 Å². The number of para-hydroxylation sites is 2. The molecule has 0 amide bonds. The van der Waals surface area contributed by atoms with Gasteiger partial charge in [0.15, 0.2) is 0 Å². The van der Waals surface area contributed by atoms with Gasteiger partial charge in [-0.1, -0.05) is 24.3 Å². The maximum atomic E-state index is 4.97. The summed E-state index contributed by atoms with van der Waals surface area (Å²) < 4.78 is 2.30. The molecule has 3 aromatic heterocycles. The van der Waals surface area contributed by atoms with Crippen LogP contribution in [0, 0.1) is 0 Å². The molecule has 5 rings (SSSR count). The Balaban J connectivity index is 1.48. The van der Waals surface area contributed by atoms with Crippen molar-refractivity contribution in [3.8, 4) is 0 Å². The van der Waals surface area contributed by atoms with Crippen molar-refractivity contribution in [1.29, 1.82) is 0 Å². The summed E-state index contributed by atoms with van der Waals surface area (Å²) in [4.78, 5) is 16.6. The Morgan fingerprint density at radius 3 is 2.76 bits per heavy atom. The molecular formula is C24H25N5. The van der Waals surface area contributed by atoms with Gasteiger partial charge in [0.05, 0.1) is 41.6 Å². The van der Waals surface area contributed by atoms with Crippen LogP contribution in [0.1, 0.15) is 41.7 Å². The van der Waals surface area contributed by atoms with E-state index in [0.29, 0.717) is 6.04 Å². The molecule has 1 aliphatic rings. The first-order valence-corrected chi connectivity index (χ1v) is 10.3. The van der Waals surface area contributed by atoms with Crippen molar-refractivity contribution in [1.82, 2.24) is 24.4 Å². The number of aromatic nitrogens is 4. The van der Waals surface area contributed by atoms with Crippen molar-refractivity contribution < 1.29 is 0 Å². The van der Waals surface area contributed by atoms with Crippen LogP contribution in [0.4, 0.5) is 0 Å². The molecule has 0 spiro atoms. The molecule has 1 unspecified atom stereocenters. The second-order valence-electron chi connectivity index (χ2n) is 7.79. The maximum Gasteiger partial charge on any atom is 0.124 e. The van der Waals surface area contributed by atoms with Gasteiger partial charge < -0.3 is 4.57 Å². The lowest BCUT2D eigenvalue weighted by Crippen LogP contribution is -2.29. The summed E-state index contributed by atoms with van der Waals surface area (Å²) in [7, 11) is 2.19. The van der Waals surface area contributed by atoms with Crippen LogP contribution in [-0.2, 0) is 19.5 Å². The Morgan fingerprint density at radius 1 is 1.00 bits per heavy atom. The molecule has 4 aromatic rings. The predicted octanol–water partition coefficient (Wildman–Crippen LogP) is 4.38. The van der Waals surface area contributed by atoms with E-state index in [2.05, 4.69) is 57.9 Å². The van der Waals surface area contributed by atoms with Crippen LogP contribution >= 0.6 is 0 Å². The summed E-state index contributed by atoms with van der Waals surface area (Å²) >= 11 is 0. The van der Waals surface area contributed by atoms with Crippen molar-refractivity contribution in [2.24, 2.45) is 0 Å². The van der Waals surface area contributed by atoms with Crippen LogP contribution in [-0.4, -0.2) is 31.5 Å². The normalized spacial score (nSPS) is 16.3. The van der Waals surface area contributed by atoms with Gasteiger partial charge >= 0.3 is 0 Å². The maximum absolute atomic E-state index is 4.97. The van der Waals surface area contributed by atoms with Crippen LogP contribution in [0.3, 0.4) is 0 Å². The lowest BCUT2D eigenvalue weighted by Gasteiger charge is -2.32. The van der Waals surface area contributed by atoms with Crippen LogP contribution < -0.4 is 0 Å². The number of hydrogen-bond acceptors (Lipinski definition) is 4. The number of hydrogen-bond donors (Lipinski definition) is 0. The number of rotatable bonds is 5. The molecule has 1 atom stereocenters. The van der Waals surface area contributed by atoms with Crippen molar-refractivity contribution >= 4 is 11.0 Å². The van der Waals surface area contributed by atoms with E-state index in [4.69, 9.17) is 9.97 Å². The number of pyridine rings is 2. The smallest absolute Gasteiger partial charge is 0.124 e. The molecule has 0 aliphatic heterocycles. The fourth-order valence-corrected chi connectivity index (χ4v) is 4.42. The van der Waals surface area contributed by atoms with E-state index in [9.17, 15) is 0 Å². The Kier molecular flexibility index (Phi) is 4.82. The second kappa shape index (κ2) is 7.76. The highest BCUT2D eigenvalue weighted by Crippen LogP contribution is 2.33. The van der Waals surface area contributed by atoms with Gasteiger partial charge in [-0.2, -0.15) is 0 Å². The quantitative estimate of drug-likeness (QED) is 0.513. The summed E-state index contributed by atoms with van der Waals surface area (Å²) in [6.45, 7) is 1.51. The minimum absolute atomic E-state index is 0.336. The van der Waals surface area contributed by atoms with Gasteiger partial charge in [0.2, 0.25) is 0 Å². The zero-order valence-electron chi connectivity index (χ0n) is 16.7. The standard InChI is InChI=1S/C24H25N5/c1-28(22-13-6-8-18-9-7-15-26-24(18)22)17-23-27-20-11-2-3-12-21(20)29(23)16-19-10-4-5-14-25-19/h2-5,7,9-12,14-15,22H,6,8,13,16-17H2,1H3. The van der Waals surface area contributed by atoms with E-state index in [1.165, 1.54) is 17.7 Å². The molecule has 0 N–H and O–H groups in total. The van der Waals surface area contributed by atoms with Gasteiger partial charge in [0.25, 0.3) is 0 Å². The van der Waals surface area contributed by atoms with Gasteiger partial charge in [-0.25, -0.2) is 4.98 Å².